The van der Waals surface area contributed by atoms with Crippen LogP contribution in [0.15, 0.2) is 11.6 Å². The molecule has 0 unspecified atom stereocenters. The number of hydrogen-bond donors (Lipinski definition) is 0. The van der Waals surface area contributed by atoms with Crippen molar-refractivity contribution in [1.29, 1.82) is 0 Å². The molecule has 0 fully saturated rings. The lowest BCUT2D eigenvalue weighted by atomic mass is 10.1. The molecule has 2 nitrogen and oxygen atoms in total. The Morgan fingerprint density at radius 2 is 2.08 bits per heavy atom. The molecule has 0 aromatic carbocycles. The van der Waals surface area contributed by atoms with Crippen LogP contribution in [-0.2, 0) is 9.53 Å². The summed E-state index contributed by atoms with van der Waals surface area (Å²) < 4.78 is 5.04. The molecule has 0 radical (unpaired) electrons. The van der Waals surface area contributed by atoms with Gasteiger partial charge >= 0.3 is 5.97 Å². The molecule has 0 aliphatic heterocycles. The van der Waals surface area contributed by atoms with E-state index in [1.807, 2.05) is 6.92 Å². The largest absolute Gasteiger partial charge is 0.462 e. The van der Waals surface area contributed by atoms with Crippen LogP contribution in [0.2, 0.25) is 0 Å². The van der Waals surface area contributed by atoms with Crippen molar-refractivity contribution in [2.24, 2.45) is 5.92 Å². The number of rotatable bonds is 5. The van der Waals surface area contributed by atoms with Gasteiger partial charge in [-0.15, -0.1) is 0 Å². The van der Waals surface area contributed by atoms with E-state index in [1.165, 1.54) is 0 Å². The second-order valence-electron chi connectivity index (χ2n) is 3.64. The molecule has 0 saturated carbocycles. The molecule has 2 heteroatoms. The molecule has 0 spiro atoms. The van der Waals surface area contributed by atoms with Crippen LogP contribution in [0, 0.1) is 5.92 Å². The lowest BCUT2D eigenvalue weighted by Crippen LogP contribution is -2.07. The van der Waals surface area contributed by atoms with E-state index in [0.717, 1.165) is 12.8 Å². The summed E-state index contributed by atoms with van der Waals surface area (Å²) in [6, 6.07) is 0. The van der Waals surface area contributed by atoms with E-state index in [1.54, 1.807) is 13.0 Å². The first-order valence-corrected chi connectivity index (χ1v) is 4.88. The van der Waals surface area contributed by atoms with Gasteiger partial charge < -0.3 is 4.74 Å². The van der Waals surface area contributed by atoms with Crippen molar-refractivity contribution in [3.63, 3.8) is 0 Å². The van der Waals surface area contributed by atoms with E-state index >= 15 is 0 Å². The number of carbonyl (C=O) groups excluding carboxylic acids is 1. The molecular formula is C11H20O2. The van der Waals surface area contributed by atoms with Crippen molar-refractivity contribution >= 4 is 5.97 Å². The Kier molecular flexibility index (Phi) is 6.29. The topological polar surface area (TPSA) is 26.3 Å². The fraction of sp³-hybridized carbons (Fsp3) is 0.727. The maximum Gasteiger partial charge on any atom is 0.333 e. The fourth-order valence-corrected chi connectivity index (χ4v) is 0.888. The summed E-state index contributed by atoms with van der Waals surface area (Å²) in [6.07, 6.45) is 3.84. The number of esters is 1. The minimum absolute atomic E-state index is 0.189. The first-order valence-electron chi connectivity index (χ1n) is 4.88. The molecule has 0 aliphatic carbocycles. The summed E-state index contributed by atoms with van der Waals surface area (Å²) in [7, 11) is 0. The Labute approximate surface area is 81.0 Å². The Hall–Kier alpha value is -0.790. The van der Waals surface area contributed by atoms with E-state index in [9.17, 15) is 4.79 Å². The van der Waals surface area contributed by atoms with Gasteiger partial charge in [-0.05, 0) is 32.6 Å². The van der Waals surface area contributed by atoms with E-state index in [4.69, 9.17) is 4.74 Å². The SMILES string of the molecule is CC=C(C)C(=O)OCCCC(C)C. The quantitative estimate of drug-likeness (QED) is 0.373. The smallest absolute Gasteiger partial charge is 0.333 e. The highest BCUT2D eigenvalue weighted by atomic mass is 16.5. The third kappa shape index (κ3) is 6.38. The summed E-state index contributed by atoms with van der Waals surface area (Å²) >= 11 is 0. The Bertz CT molecular complexity index is 181. The van der Waals surface area contributed by atoms with Crippen LogP contribution >= 0.6 is 0 Å². The van der Waals surface area contributed by atoms with Gasteiger partial charge in [-0.1, -0.05) is 19.9 Å². The first kappa shape index (κ1) is 12.2. The van der Waals surface area contributed by atoms with Crippen molar-refractivity contribution in [1.82, 2.24) is 0 Å². The van der Waals surface area contributed by atoms with Crippen molar-refractivity contribution in [3.05, 3.63) is 11.6 Å². The molecule has 0 bridgehead atoms. The molecule has 0 atom stereocenters. The predicted molar refractivity (Wildman–Crippen MR) is 54.5 cm³/mol. The zero-order valence-corrected chi connectivity index (χ0v) is 9.09. The maximum absolute atomic E-state index is 11.1. The van der Waals surface area contributed by atoms with Gasteiger partial charge in [0.15, 0.2) is 0 Å². The summed E-state index contributed by atoms with van der Waals surface area (Å²) in [6.45, 7) is 8.48. The molecule has 0 amide bonds. The zero-order valence-electron chi connectivity index (χ0n) is 9.09. The van der Waals surface area contributed by atoms with Crippen LogP contribution < -0.4 is 0 Å². The van der Waals surface area contributed by atoms with Crippen molar-refractivity contribution in [2.45, 2.75) is 40.5 Å². The molecule has 0 aromatic heterocycles. The van der Waals surface area contributed by atoms with Crippen LogP contribution in [0.3, 0.4) is 0 Å². The molecule has 0 rings (SSSR count). The van der Waals surface area contributed by atoms with Crippen molar-refractivity contribution in [2.75, 3.05) is 6.61 Å². The van der Waals surface area contributed by atoms with E-state index in [0.29, 0.717) is 18.1 Å². The monoisotopic (exact) mass is 184 g/mol. The number of allylic oxidation sites excluding steroid dienone is 1. The minimum atomic E-state index is -0.189. The van der Waals surface area contributed by atoms with Crippen molar-refractivity contribution in [3.8, 4) is 0 Å². The molecule has 0 aliphatic rings. The van der Waals surface area contributed by atoms with Crippen molar-refractivity contribution < 1.29 is 9.53 Å². The fourth-order valence-electron chi connectivity index (χ4n) is 0.888. The second kappa shape index (κ2) is 6.70. The number of ether oxygens (including phenoxy) is 1. The van der Waals surface area contributed by atoms with Gasteiger partial charge in [0, 0.05) is 5.57 Å². The van der Waals surface area contributed by atoms with E-state index < -0.39 is 0 Å². The summed E-state index contributed by atoms with van der Waals surface area (Å²) in [5.74, 6) is 0.493. The lowest BCUT2D eigenvalue weighted by Gasteiger charge is -2.06. The van der Waals surface area contributed by atoms with E-state index in [-0.39, 0.29) is 5.97 Å². The van der Waals surface area contributed by atoms with Crippen LogP contribution in [0.5, 0.6) is 0 Å². The van der Waals surface area contributed by atoms with Gasteiger partial charge in [-0.2, -0.15) is 0 Å². The second-order valence-corrected chi connectivity index (χ2v) is 3.64. The molecule has 76 valence electrons. The van der Waals surface area contributed by atoms with Gasteiger partial charge in [-0.3, -0.25) is 0 Å². The Morgan fingerprint density at radius 3 is 2.54 bits per heavy atom. The minimum Gasteiger partial charge on any atom is -0.462 e. The highest BCUT2D eigenvalue weighted by Crippen LogP contribution is 2.04. The zero-order chi connectivity index (χ0) is 10.3. The third-order valence-electron chi connectivity index (χ3n) is 1.91. The lowest BCUT2D eigenvalue weighted by molar-refractivity contribution is -0.139. The molecular weight excluding hydrogens is 164 g/mol. The highest BCUT2D eigenvalue weighted by molar-refractivity contribution is 5.87. The predicted octanol–water partition coefficient (Wildman–Crippen LogP) is 2.93. The van der Waals surface area contributed by atoms with Crippen LogP contribution in [0.4, 0.5) is 0 Å². The number of hydrogen-bond acceptors (Lipinski definition) is 2. The third-order valence-corrected chi connectivity index (χ3v) is 1.91. The van der Waals surface area contributed by atoms with Crippen LogP contribution in [0.25, 0.3) is 0 Å². The molecule has 13 heavy (non-hydrogen) atoms. The highest BCUT2D eigenvalue weighted by Gasteiger charge is 2.03. The van der Waals surface area contributed by atoms with Gasteiger partial charge in [0.1, 0.15) is 0 Å². The maximum atomic E-state index is 11.1. The van der Waals surface area contributed by atoms with Gasteiger partial charge in [-0.25, -0.2) is 4.79 Å². The van der Waals surface area contributed by atoms with Gasteiger partial charge in [0.25, 0.3) is 0 Å². The van der Waals surface area contributed by atoms with Gasteiger partial charge in [0.05, 0.1) is 6.61 Å². The van der Waals surface area contributed by atoms with Crippen LogP contribution in [-0.4, -0.2) is 12.6 Å². The summed E-state index contributed by atoms with van der Waals surface area (Å²) in [5.41, 5.74) is 0.685. The average molecular weight is 184 g/mol. The molecule has 0 aromatic rings. The first-order chi connectivity index (χ1) is 6.07. The van der Waals surface area contributed by atoms with Crippen LogP contribution in [0.1, 0.15) is 40.5 Å². The summed E-state index contributed by atoms with van der Waals surface area (Å²) in [5, 5.41) is 0. The van der Waals surface area contributed by atoms with Gasteiger partial charge in [0.2, 0.25) is 0 Å². The molecule has 0 heterocycles. The standard InChI is InChI=1S/C11H20O2/c1-5-10(4)11(12)13-8-6-7-9(2)3/h5,9H,6-8H2,1-4H3. The Balaban J connectivity index is 3.49. The summed E-state index contributed by atoms with van der Waals surface area (Å²) in [4.78, 5) is 11.1. The Morgan fingerprint density at radius 1 is 1.46 bits per heavy atom. The normalized spacial score (nSPS) is 11.9. The van der Waals surface area contributed by atoms with E-state index in [2.05, 4.69) is 13.8 Å². The average Bonchev–Trinajstić information content (AvgIpc) is 2.10. The molecule has 0 saturated heterocycles. The molecule has 0 N–H and O–H groups in total. The number of carbonyl (C=O) groups is 1.